The minimum Gasteiger partial charge on any atom is -0.313 e. The molecule has 0 bridgehead atoms. The topological polar surface area (TPSA) is 58.2 Å². The second-order valence-corrected chi connectivity index (χ2v) is 7.47. The summed E-state index contributed by atoms with van der Waals surface area (Å²) in [6.07, 6.45) is 0.644. The minimum absolute atomic E-state index is 0.0110. The molecule has 0 unspecified atom stereocenters. The third kappa shape index (κ3) is 4.76. The van der Waals surface area contributed by atoms with Gasteiger partial charge in [-0.2, -0.15) is 0 Å². The molecule has 1 aromatic carbocycles. The van der Waals surface area contributed by atoms with Crippen LogP contribution in [-0.4, -0.2) is 20.5 Å². The smallest absolute Gasteiger partial charge is 0.241 e. The zero-order valence-corrected chi connectivity index (χ0v) is 14.2. The van der Waals surface area contributed by atoms with E-state index in [4.69, 9.17) is 0 Å². The average molecular weight is 316 g/mol. The molecule has 6 heteroatoms. The highest BCUT2D eigenvalue weighted by Crippen LogP contribution is 2.23. The Morgan fingerprint density at radius 2 is 1.86 bits per heavy atom. The van der Waals surface area contributed by atoms with Gasteiger partial charge in [-0.25, -0.2) is 17.5 Å². The summed E-state index contributed by atoms with van der Waals surface area (Å²) < 4.78 is 41.6. The van der Waals surface area contributed by atoms with Crippen LogP contribution in [0.3, 0.4) is 0 Å². The number of hydrogen-bond donors (Lipinski definition) is 2. The van der Waals surface area contributed by atoms with Gasteiger partial charge in [-0.05, 0) is 51.4 Å². The van der Waals surface area contributed by atoms with Gasteiger partial charge >= 0.3 is 0 Å². The molecule has 0 aromatic heterocycles. The van der Waals surface area contributed by atoms with Gasteiger partial charge in [0.2, 0.25) is 10.0 Å². The van der Waals surface area contributed by atoms with Crippen molar-refractivity contribution in [2.75, 3.05) is 6.54 Å². The fraction of sp³-hybridized carbons (Fsp3) is 0.600. The van der Waals surface area contributed by atoms with Crippen LogP contribution in [0.2, 0.25) is 0 Å². The second kappa shape index (κ2) is 6.85. The first-order chi connectivity index (χ1) is 9.63. The summed E-state index contributed by atoms with van der Waals surface area (Å²) in [7, 11) is -3.75. The maximum atomic E-state index is 14.0. The number of rotatable bonds is 7. The molecule has 4 nitrogen and oxygen atoms in total. The third-order valence-corrected chi connectivity index (χ3v) is 5.34. The normalized spacial score (nSPS) is 12.7. The molecule has 0 aliphatic carbocycles. The van der Waals surface area contributed by atoms with Crippen molar-refractivity contribution in [3.05, 3.63) is 29.1 Å². The molecule has 1 rings (SSSR count). The van der Waals surface area contributed by atoms with Crippen LogP contribution in [0.1, 0.15) is 45.2 Å². The fourth-order valence-corrected chi connectivity index (χ4v) is 3.64. The predicted octanol–water partition coefficient (Wildman–Crippen LogP) is 2.71. The SMILES string of the molecule is CCNCc1cc(F)c(C)c(S(=O)(=O)NC(C)(C)CC)c1. The van der Waals surface area contributed by atoms with Gasteiger partial charge in [-0.15, -0.1) is 0 Å². The monoisotopic (exact) mass is 316 g/mol. The van der Waals surface area contributed by atoms with Crippen LogP contribution < -0.4 is 10.0 Å². The van der Waals surface area contributed by atoms with Gasteiger partial charge in [0.15, 0.2) is 0 Å². The number of benzene rings is 1. The van der Waals surface area contributed by atoms with Crippen molar-refractivity contribution in [1.29, 1.82) is 0 Å². The lowest BCUT2D eigenvalue weighted by atomic mass is 10.0. The van der Waals surface area contributed by atoms with Crippen LogP contribution in [0.15, 0.2) is 17.0 Å². The number of hydrogen-bond acceptors (Lipinski definition) is 3. The molecule has 0 atom stereocenters. The fourth-order valence-electron chi connectivity index (χ4n) is 1.85. The van der Waals surface area contributed by atoms with Gasteiger partial charge in [-0.3, -0.25) is 0 Å². The van der Waals surface area contributed by atoms with Crippen molar-refractivity contribution in [3.8, 4) is 0 Å². The highest BCUT2D eigenvalue weighted by atomic mass is 32.2. The van der Waals surface area contributed by atoms with Gasteiger partial charge < -0.3 is 5.32 Å². The lowest BCUT2D eigenvalue weighted by molar-refractivity contribution is 0.439. The van der Waals surface area contributed by atoms with Crippen molar-refractivity contribution in [2.45, 2.75) is 58.0 Å². The maximum absolute atomic E-state index is 14.0. The highest BCUT2D eigenvalue weighted by molar-refractivity contribution is 7.89. The van der Waals surface area contributed by atoms with Crippen molar-refractivity contribution in [1.82, 2.24) is 10.0 Å². The first-order valence-corrected chi connectivity index (χ1v) is 8.65. The van der Waals surface area contributed by atoms with E-state index in [0.717, 1.165) is 6.54 Å². The summed E-state index contributed by atoms with van der Waals surface area (Å²) in [6, 6.07) is 2.91. The molecule has 0 aliphatic rings. The maximum Gasteiger partial charge on any atom is 0.241 e. The molecule has 1 aromatic rings. The van der Waals surface area contributed by atoms with Crippen LogP contribution in [0.25, 0.3) is 0 Å². The van der Waals surface area contributed by atoms with Crippen LogP contribution in [0.4, 0.5) is 4.39 Å². The van der Waals surface area contributed by atoms with E-state index in [0.29, 0.717) is 18.5 Å². The Morgan fingerprint density at radius 1 is 1.24 bits per heavy atom. The first-order valence-electron chi connectivity index (χ1n) is 7.16. The molecule has 0 spiro atoms. The molecule has 2 N–H and O–H groups in total. The standard InChI is InChI=1S/C15H25FN2O2S/c1-6-15(4,5)18-21(19,20)14-9-12(10-17-7-2)8-13(16)11(14)3/h8-9,17-18H,6-7,10H2,1-5H3. The first kappa shape index (κ1) is 18.1. The predicted molar refractivity (Wildman–Crippen MR) is 83.2 cm³/mol. The summed E-state index contributed by atoms with van der Waals surface area (Å²) in [6.45, 7) is 10.1. The van der Waals surface area contributed by atoms with Crippen molar-refractivity contribution < 1.29 is 12.8 Å². The van der Waals surface area contributed by atoms with Gasteiger partial charge in [-0.1, -0.05) is 13.8 Å². The quantitative estimate of drug-likeness (QED) is 0.813. The van der Waals surface area contributed by atoms with E-state index in [1.165, 1.54) is 19.1 Å². The van der Waals surface area contributed by atoms with Gasteiger partial charge in [0.25, 0.3) is 0 Å². The number of sulfonamides is 1. The average Bonchev–Trinajstić information content (AvgIpc) is 2.38. The lowest BCUT2D eigenvalue weighted by Gasteiger charge is -2.25. The Kier molecular flexibility index (Phi) is 5.90. The van der Waals surface area contributed by atoms with Crippen LogP contribution in [-0.2, 0) is 16.6 Å². The van der Waals surface area contributed by atoms with Crippen molar-refractivity contribution >= 4 is 10.0 Å². The van der Waals surface area contributed by atoms with Crippen molar-refractivity contribution in [3.63, 3.8) is 0 Å². The zero-order chi connectivity index (χ0) is 16.3. The van der Waals surface area contributed by atoms with Gasteiger partial charge in [0.1, 0.15) is 5.82 Å². The summed E-state index contributed by atoms with van der Waals surface area (Å²) in [5.41, 5.74) is 0.198. The Bertz CT molecular complexity index is 598. The molecule has 0 heterocycles. The summed E-state index contributed by atoms with van der Waals surface area (Å²) in [5, 5.41) is 3.07. The Morgan fingerprint density at radius 3 is 2.38 bits per heavy atom. The van der Waals surface area contributed by atoms with Crippen LogP contribution >= 0.6 is 0 Å². The number of halogens is 1. The molecule has 21 heavy (non-hydrogen) atoms. The Hall–Kier alpha value is -0.980. The lowest BCUT2D eigenvalue weighted by Crippen LogP contribution is -2.43. The molecule has 0 saturated heterocycles. The van der Waals surface area contributed by atoms with E-state index in [1.807, 2.05) is 13.8 Å². The van der Waals surface area contributed by atoms with E-state index < -0.39 is 21.4 Å². The molecule has 0 fully saturated rings. The molecule has 0 aliphatic heterocycles. The Labute approximate surface area is 127 Å². The highest BCUT2D eigenvalue weighted by Gasteiger charge is 2.27. The Balaban J connectivity index is 3.24. The molecule has 0 radical (unpaired) electrons. The third-order valence-electron chi connectivity index (χ3n) is 3.52. The molecule has 0 saturated carbocycles. The molecular formula is C15H25FN2O2S. The molecule has 0 amide bonds. The number of nitrogens with one attached hydrogen (secondary N) is 2. The van der Waals surface area contributed by atoms with E-state index in [2.05, 4.69) is 10.0 Å². The second-order valence-electron chi connectivity index (χ2n) is 5.82. The van der Waals surface area contributed by atoms with Crippen LogP contribution in [0.5, 0.6) is 0 Å². The van der Waals surface area contributed by atoms with Crippen LogP contribution in [0, 0.1) is 12.7 Å². The van der Waals surface area contributed by atoms with E-state index in [-0.39, 0.29) is 10.5 Å². The van der Waals surface area contributed by atoms with E-state index in [9.17, 15) is 12.8 Å². The summed E-state index contributed by atoms with van der Waals surface area (Å²) >= 11 is 0. The van der Waals surface area contributed by atoms with Crippen molar-refractivity contribution in [2.24, 2.45) is 0 Å². The zero-order valence-electron chi connectivity index (χ0n) is 13.4. The summed E-state index contributed by atoms with van der Waals surface area (Å²) in [4.78, 5) is 0.0110. The van der Waals surface area contributed by atoms with E-state index in [1.54, 1.807) is 13.8 Å². The van der Waals surface area contributed by atoms with E-state index >= 15 is 0 Å². The minimum atomic E-state index is -3.75. The largest absolute Gasteiger partial charge is 0.313 e. The van der Waals surface area contributed by atoms with Gasteiger partial charge in [0.05, 0.1) is 4.90 Å². The molecule has 120 valence electrons. The molecular weight excluding hydrogens is 291 g/mol. The summed E-state index contributed by atoms with van der Waals surface area (Å²) in [5.74, 6) is -0.500. The van der Waals surface area contributed by atoms with Gasteiger partial charge in [0, 0.05) is 17.6 Å².